The number of ether oxygens (including phenoxy) is 1. The lowest BCUT2D eigenvalue weighted by Gasteiger charge is -2.21. The van der Waals surface area contributed by atoms with Gasteiger partial charge in [0, 0.05) is 26.2 Å². The van der Waals surface area contributed by atoms with E-state index in [9.17, 15) is 0 Å². The average molecular weight is 524 g/mol. The van der Waals surface area contributed by atoms with E-state index in [0.717, 1.165) is 43.2 Å². The van der Waals surface area contributed by atoms with Crippen molar-refractivity contribution in [2.75, 3.05) is 0 Å². The maximum Gasteiger partial charge on any atom is 0.153 e. The number of benzene rings is 3. The molecule has 8 heteroatoms. The number of nitrogens with one attached hydrogen (secondary N) is 2. The molecule has 4 N–H and O–H groups in total. The third-order valence-corrected chi connectivity index (χ3v) is 5.55. The molecule has 5 nitrogen and oxygen atoms in total. The van der Waals surface area contributed by atoms with E-state index in [2.05, 4.69) is 77.1 Å². The van der Waals surface area contributed by atoms with Crippen molar-refractivity contribution in [1.29, 1.82) is 0 Å². The summed E-state index contributed by atoms with van der Waals surface area (Å²) in [6.07, 6.45) is -0.171. The molecule has 0 radical (unpaired) electrons. The van der Waals surface area contributed by atoms with Gasteiger partial charge < -0.3 is 21.1 Å². The molecule has 1 unspecified atom stereocenters. The van der Waals surface area contributed by atoms with Gasteiger partial charge in [-0.05, 0) is 53.8 Å². The number of amidine groups is 1. The molecule has 34 heavy (non-hydrogen) atoms. The first-order valence-corrected chi connectivity index (χ1v) is 10.8. The molecule has 0 amide bonds. The van der Waals surface area contributed by atoms with Crippen LogP contribution in [0, 0.1) is 6.92 Å². The Balaban J connectivity index is 0.00000193. The molecular formula is C26H33Cl3N4O. The number of nitrogens with two attached hydrogens (primary N) is 1. The van der Waals surface area contributed by atoms with Gasteiger partial charge in [-0.1, -0.05) is 54.6 Å². The number of hydrogen-bond donors (Lipinski definition) is 3. The number of hydrogen-bond acceptors (Lipinski definition) is 5. The van der Waals surface area contributed by atoms with E-state index in [1.165, 1.54) is 22.3 Å². The fraction of sp³-hybridized carbons (Fsp3) is 0.269. The molecule has 0 saturated carbocycles. The molecule has 3 aromatic rings. The third-order valence-electron chi connectivity index (χ3n) is 5.55. The van der Waals surface area contributed by atoms with Crippen LogP contribution in [0.2, 0.25) is 0 Å². The van der Waals surface area contributed by atoms with E-state index in [1.54, 1.807) is 0 Å². The Morgan fingerprint density at radius 2 is 1.41 bits per heavy atom. The quantitative estimate of drug-likeness (QED) is 0.359. The molecular weight excluding hydrogens is 491 g/mol. The molecule has 0 aliphatic carbocycles. The zero-order chi connectivity index (χ0) is 21.6. The molecule has 4 rings (SSSR count). The minimum absolute atomic E-state index is 0. The maximum atomic E-state index is 5.91. The number of fused-ring (bicyclic) bond motifs is 1. The lowest BCUT2D eigenvalue weighted by molar-refractivity contribution is 0.281. The van der Waals surface area contributed by atoms with Crippen molar-refractivity contribution >= 4 is 48.7 Å². The SMILES string of the molecule is Cc1ccccc1CNCc1cccc(CNCc2ccc3c(c2)N=C(N)C(C)O3)c1.Cl.Cl.Cl. The van der Waals surface area contributed by atoms with Crippen LogP contribution in [0.5, 0.6) is 5.75 Å². The van der Waals surface area contributed by atoms with Gasteiger partial charge in [-0.15, -0.1) is 37.2 Å². The second-order valence-electron chi connectivity index (χ2n) is 8.05. The summed E-state index contributed by atoms with van der Waals surface area (Å²) in [4.78, 5) is 4.46. The summed E-state index contributed by atoms with van der Waals surface area (Å²) in [5.41, 5.74) is 13.1. The standard InChI is InChI=1S/C26H30N4O.3ClH/c1-18-6-3-4-9-23(18)17-29-15-21-8-5-7-20(12-21)14-28-16-22-10-11-25-24(13-22)30-26(27)19(2)31-25;;;/h3-13,19,28-29H,14-17H2,1-2H3,(H2,27,30);3*1H. The summed E-state index contributed by atoms with van der Waals surface area (Å²) in [6, 6.07) is 23.3. The molecule has 1 aliphatic heterocycles. The zero-order valence-electron chi connectivity index (χ0n) is 19.4. The first kappa shape index (κ1) is 29.8. The van der Waals surface area contributed by atoms with Crippen LogP contribution in [-0.2, 0) is 26.2 Å². The largest absolute Gasteiger partial charge is 0.481 e. The predicted molar refractivity (Wildman–Crippen MR) is 148 cm³/mol. The molecule has 0 saturated heterocycles. The highest BCUT2D eigenvalue weighted by molar-refractivity contribution is 5.89. The Bertz CT molecular complexity index is 1090. The van der Waals surface area contributed by atoms with Crippen LogP contribution in [-0.4, -0.2) is 11.9 Å². The van der Waals surface area contributed by atoms with Crippen molar-refractivity contribution in [1.82, 2.24) is 10.6 Å². The minimum Gasteiger partial charge on any atom is -0.481 e. The topological polar surface area (TPSA) is 71.7 Å². The summed E-state index contributed by atoms with van der Waals surface area (Å²) in [5, 5.41) is 7.07. The highest BCUT2D eigenvalue weighted by atomic mass is 35.5. The summed E-state index contributed by atoms with van der Waals surface area (Å²) in [7, 11) is 0. The summed E-state index contributed by atoms with van der Waals surface area (Å²) in [5.74, 6) is 1.31. The highest BCUT2D eigenvalue weighted by Crippen LogP contribution is 2.32. The molecule has 0 bridgehead atoms. The Hall–Kier alpha value is -2.28. The van der Waals surface area contributed by atoms with Crippen LogP contribution in [0.1, 0.15) is 34.7 Å². The van der Waals surface area contributed by atoms with Crippen LogP contribution >= 0.6 is 37.2 Å². The molecule has 0 fully saturated rings. The molecule has 184 valence electrons. The van der Waals surface area contributed by atoms with Crippen LogP contribution in [0.25, 0.3) is 0 Å². The smallest absolute Gasteiger partial charge is 0.153 e. The second-order valence-corrected chi connectivity index (χ2v) is 8.05. The summed E-state index contributed by atoms with van der Waals surface area (Å²) >= 11 is 0. The van der Waals surface area contributed by atoms with Gasteiger partial charge in [0.05, 0.1) is 0 Å². The van der Waals surface area contributed by atoms with Gasteiger partial charge in [0.1, 0.15) is 17.3 Å². The molecule has 3 aromatic carbocycles. The fourth-order valence-corrected chi connectivity index (χ4v) is 3.69. The van der Waals surface area contributed by atoms with E-state index in [0.29, 0.717) is 5.84 Å². The molecule has 1 aliphatic rings. The van der Waals surface area contributed by atoms with Gasteiger partial charge in [0.15, 0.2) is 6.10 Å². The number of aliphatic imine (C=N–C) groups is 1. The monoisotopic (exact) mass is 522 g/mol. The fourth-order valence-electron chi connectivity index (χ4n) is 3.69. The Labute approximate surface area is 220 Å². The van der Waals surface area contributed by atoms with E-state index in [-0.39, 0.29) is 43.3 Å². The van der Waals surface area contributed by atoms with Crippen LogP contribution in [0.15, 0.2) is 71.7 Å². The summed E-state index contributed by atoms with van der Waals surface area (Å²) in [6.45, 7) is 7.35. The lowest BCUT2D eigenvalue weighted by atomic mass is 10.1. The number of aryl methyl sites for hydroxylation is 1. The van der Waals surface area contributed by atoms with Crippen LogP contribution in [0.4, 0.5) is 5.69 Å². The van der Waals surface area contributed by atoms with Gasteiger partial charge in [-0.2, -0.15) is 0 Å². The van der Waals surface area contributed by atoms with Gasteiger partial charge in [-0.3, -0.25) is 0 Å². The number of rotatable bonds is 8. The van der Waals surface area contributed by atoms with Gasteiger partial charge in [0.2, 0.25) is 0 Å². The normalized spacial score (nSPS) is 13.8. The third kappa shape index (κ3) is 7.90. The average Bonchev–Trinajstić information content (AvgIpc) is 2.76. The van der Waals surface area contributed by atoms with E-state index in [1.807, 2.05) is 19.1 Å². The molecule has 1 heterocycles. The number of halogens is 3. The Morgan fingerprint density at radius 3 is 2.09 bits per heavy atom. The van der Waals surface area contributed by atoms with Crippen molar-refractivity contribution in [2.45, 2.75) is 46.1 Å². The van der Waals surface area contributed by atoms with Crippen molar-refractivity contribution in [3.8, 4) is 5.75 Å². The molecule has 0 spiro atoms. The van der Waals surface area contributed by atoms with Crippen molar-refractivity contribution in [3.05, 3.63) is 94.5 Å². The highest BCUT2D eigenvalue weighted by Gasteiger charge is 2.18. The lowest BCUT2D eigenvalue weighted by Crippen LogP contribution is -2.33. The van der Waals surface area contributed by atoms with Gasteiger partial charge >= 0.3 is 0 Å². The van der Waals surface area contributed by atoms with E-state index < -0.39 is 0 Å². The van der Waals surface area contributed by atoms with Gasteiger partial charge in [-0.25, -0.2) is 4.99 Å². The minimum atomic E-state index is -0.171. The maximum absolute atomic E-state index is 5.91. The number of nitrogens with zero attached hydrogens (tertiary/aromatic N) is 1. The van der Waals surface area contributed by atoms with Crippen LogP contribution in [0.3, 0.4) is 0 Å². The first-order valence-electron chi connectivity index (χ1n) is 10.8. The van der Waals surface area contributed by atoms with Crippen molar-refractivity contribution in [3.63, 3.8) is 0 Å². The van der Waals surface area contributed by atoms with Gasteiger partial charge in [0.25, 0.3) is 0 Å². The zero-order valence-corrected chi connectivity index (χ0v) is 21.9. The van der Waals surface area contributed by atoms with Crippen molar-refractivity contribution in [2.24, 2.45) is 10.7 Å². The van der Waals surface area contributed by atoms with E-state index >= 15 is 0 Å². The second kappa shape index (κ2) is 14.2. The van der Waals surface area contributed by atoms with Crippen LogP contribution < -0.4 is 21.1 Å². The Morgan fingerprint density at radius 1 is 0.794 bits per heavy atom. The Kier molecular flexibility index (Phi) is 12.4. The van der Waals surface area contributed by atoms with Crippen molar-refractivity contribution < 1.29 is 4.74 Å². The first-order chi connectivity index (χ1) is 15.1. The molecule has 0 aromatic heterocycles. The predicted octanol–water partition coefficient (Wildman–Crippen LogP) is 5.61. The summed E-state index contributed by atoms with van der Waals surface area (Å²) < 4.78 is 5.77. The molecule has 1 atom stereocenters. The van der Waals surface area contributed by atoms with E-state index in [4.69, 9.17) is 10.5 Å².